The highest BCUT2D eigenvalue weighted by Gasteiger charge is 2.38. The number of urea groups is 1. The van der Waals surface area contributed by atoms with Crippen molar-refractivity contribution in [3.63, 3.8) is 0 Å². The van der Waals surface area contributed by atoms with Gasteiger partial charge in [0.2, 0.25) is 0 Å². The molecular weight excluding hydrogens is 421 g/mol. The van der Waals surface area contributed by atoms with Gasteiger partial charge in [-0.15, -0.1) is 5.10 Å². The molecule has 0 fully saturated rings. The van der Waals surface area contributed by atoms with Crippen LogP contribution in [-0.4, -0.2) is 26.0 Å². The van der Waals surface area contributed by atoms with Gasteiger partial charge in [-0.2, -0.15) is 23.4 Å². The second-order valence-electron chi connectivity index (χ2n) is 6.76. The van der Waals surface area contributed by atoms with Gasteiger partial charge >= 0.3 is 12.2 Å². The molecule has 158 valence electrons. The monoisotopic (exact) mass is 438 g/mol. The van der Waals surface area contributed by atoms with Crippen molar-refractivity contribution >= 4 is 23.3 Å². The minimum absolute atomic E-state index is 0.0403. The Kier molecular flexibility index (Phi) is 5.97. The molecule has 0 saturated carbocycles. The molecule has 3 rings (SSSR count). The molecule has 0 bridgehead atoms. The van der Waals surface area contributed by atoms with E-state index in [2.05, 4.69) is 25.9 Å². The third-order valence-electron chi connectivity index (χ3n) is 4.12. The molecule has 0 aliphatic heterocycles. The zero-order valence-corrected chi connectivity index (χ0v) is 17.1. The molecule has 7 nitrogen and oxygen atoms in total. The number of amides is 2. The maximum absolute atomic E-state index is 13.2. The highest BCUT2D eigenvalue weighted by molar-refractivity contribution is 6.31. The zero-order valence-electron chi connectivity index (χ0n) is 16.3. The third kappa shape index (κ3) is 5.07. The largest absolute Gasteiger partial charge is 0.435 e. The highest BCUT2D eigenvalue weighted by atomic mass is 35.5. The van der Waals surface area contributed by atoms with Gasteiger partial charge in [0, 0.05) is 24.0 Å². The number of nitrogens with zero attached hydrogens (tertiary/aromatic N) is 4. The summed E-state index contributed by atoms with van der Waals surface area (Å²) in [7, 11) is 1.40. The third-order valence-corrected chi connectivity index (χ3v) is 4.34. The number of nitrogens with one attached hydrogen (secondary N) is 2. The molecule has 30 heavy (non-hydrogen) atoms. The minimum Gasteiger partial charge on any atom is -0.332 e. The van der Waals surface area contributed by atoms with E-state index in [1.165, 1.54) is 13.2 Å². The maximum atomic E-state index is 13.2. The van der Waals surface area contributed by atoms with Gasteiger partial charge in [0.1, 0.15) is 0 Å². The predicted octanol–water partition coefficient (Wildman–Crippen LogP) is 4.49. The summed E-state index contributed by atoms with van der Waals surface area (Å²) < 4.78 is 40.7. The average molecular weight is 439 g/mol. The molecule has 0 radical (unpaired) electrons. The van der Waals surface area contributed by atoms with Crippen LogP contribution in [0.2, 0.25) is 5.02 Å². The Hall–Kier alpha value is -3.14. The number of anilines is 1. The molecule has 11 heteroatoms. The van der Waals surface area contributed by atoms with Crippen LogP contribution in [0.1, 0.15) is 22.5 Å². The molecule has 2 heterocycles. The first-order valence-corrected chi connectivity index (χ1v) is 9.17. The second kappa shape index (κ2) is 8.31. The van der Waals surface area contributed by atoms with E-state index >= 15 is 0 Å². The standard InChI is InChI=1S/C19H18ClF3N6O/c1-10-4-12(20)7-13(5-10)25-18(30)24-8-14-6-11(2)16(27-26-14)15-9-29(3)28-17(15)19(21,22)23/h4-7,9H,8H2,1-3H3,(H2,24,25,30). The fraction of sp³-hybridized carbons (Fsp3) is 0.263. The quantitative estimate of drug-likeness (QED) is 0.628. The Morgan fingerprint density at radius 1 is 1.17 bits per heavy atom. The van der Waals surface area contributed by atoms with Gasteiger partial charge in [-0.05, 0) is 49.2 Å². The van der Waals surface area contributed by atoms with Crippen LogP contribution in [0.3, 0.4) is 0 Å². The number of rotatable bonds is 4. The van der Waals surface area contributed by atoms with Crippen molar-refractivity contribution in [2.24, 2.45) is 7.05 Å². The van der Waals surface area contributed by atoms with Crippen LogP contribution in [0.4, 0.5) is 23.7 Å². The molecule has 2 aromatic heterocycles. The summed E-state index contributed by atoms with van der Waals surface area (Å²) in [5.41, 5.74) is 1.21. The lowest BCUT2D eigenvalue weighted by molar-refractivity contribution is -0.141. The molecule has 0 aliphatic carbocycles. The van der Waals surface area contributed by atoms with E-state index in [1.54, 1.807) is 31.2 Å². The van der Waals surface area contributed by atoms with Crippen molar-refractivity contribution < 1.29 is 18.0 Å². The van der Waals surface area contributed by atoms with Gasteiger partial charge in [-0.1, -0.05) is 11.6 Å². The Balaban J connectivity index is 1.71. The lowest BCUT2D eigenvalue weighted by atomic mass is 10.1. The summed E-state index contributed by atoms with van der Waals surface area (Å²) in [5.74, 6) is 0. The molecule has 0 unspecified atom stereocenters. The van der Waals surface area contributed by atoms with Gasteiger partial charge in [-0.25, -0.2) is 4.79 Å². The van der Waals surface area contributed by atoms with Crippen molar-refractivity contribution in [1.29, 1.82) is 0 Å². The number of alkyl halides is 3. The van der Waals surface area contributed by atoms with Crippen LogP contribution in [0.15, 0.2) is 30.5 Å². The molecule has 0 spiro atoms. The van der Waals surface area contributed by atoms with Crippen LogP contribution in [0.25, 0.3) is 11.3 Å². The van der Waals surface area contributed by atoms with Crippen LogP contribution < -0.4 is 10.6 Å². The fourth-order valence-electron chi connectivity index (χ4n) is 2.92. The SMILES string of the molecule is Cc1cc(Cl)cc(NC(=O)NCc2cc(C)c(-c3cn(C)nc3C(F)(F)F)nn2)c1. The zero-order chi connectivity index (χ0) is 22.1. The topological polar surface area (TPSA) is 84.7 Å². The van der Waals surface area contributed by atoms with Crippen LogP contribution >= 0.6 is 11.6 Å². The molecule has 2 amide bonds. The minimum atomic E-state index is -4.61. The number of aryl methyl sites for hydroxylation is 3. The van der Waals surface area contributed by atoms with Gasteiger partial charge in [0.15, 0.2) is 5.69 Å². The lowest BCUT2D eigenvalue weighted by Gasteiger charge is -2.10. The second-order valence-corrected chi connectivity index (χ2v) is 7.19. The summed E-state index contributed by atoms with van der Waals surface area (Å²) in [6.07, 6.45) is -3.36. The summed E-state index contributed by atoms with van der Waals surface area (Å²) in [6, 6.07) is 6.22. The number of hydrogen-bond acceptors (Lipinski definition) is 4. The van der Waals surface area contributed by atoms with Crippen LogP contribution in [0.5, 0.6) is 0 Å². The van der Waals surface area contributed by atoms with Crippen molar-refractivity contribution in [3.05, 3.63) is 58.0 Å². The summed E-state index contributed by atoms with van der Waals surface area (Å²) in [4.78, 5) is 12.1. The Bertz CT molecular complexity index is 1080. The number of aromatic nitrogens is 4. The summed E-state index contributed by atoms with van der Waals surface area (Å²) in [6.45, 7) is 3.51. The molecule has 2 N–H and O–H groups in total. The number of benzene rings is 1. The van der Waals surface area contributed by atoms with Gasteiger partial charge in [0.25, 0.3) is 0 Å². The lowest BCUT2D eigenvalue weighted by Crippen LogP contribution is -2.28. The van der Waals surface area contributed by atoms with E-state index in [-0.39, 0.29) is 17.8 Å². The summed E-state index contributed by atoms with van der Waals surface area (Å²) >= 11 is 5.96. The Morgan fingerprint density at radius 3 is 2.53 bits per heavy atom. The van der Waals surface area contributed by atoms with Crippen LogP contribution in [-0.2, 0) is 19.8 Å². The van der Waals surface area contributed by atoms with Gasteiger partial charge in [-0.3, -0.25) is 4.68 Å². The van der Waals surface area contributed by atoms with Crippen LogP contribution in [0, 0.1) is 13.8 Å². The van der Waals surface area contributed by atoms with Crippen molar-refractivity contribution in [2.45, 2.75) is 26.6 Å². The van der Waals surface area contributed by atoms with Gasteiger partial charge in [0.05, 0.1) is 23.5 Å². The normalized spacial score (nSPS) is 11.4. The van der Waals surface area contributed by atoms with E-state index in [0.29, 0.717) is 22.0 Å². The first kappa shape index (κ1) is 21.6. The van der Waals surface area contributed by atoms with Crippen molar-refractivity contribution in [1.82, 2.24) is 25.3 Å². The summed E-state index contributed by atoms with van der Waals surface area (Å²) in [5, 5.41) is 17.1. The Labute approximate surface area is 175 Å². The number of halogens is 4. The van der Waals surface area contributed by atoms with E-state index < -0.39 is 17.9 Å². The number of carbonyl (C=O) groups is 1. The van der Waals surface area contributed by atoms with Gasteiger partial charge < -0.3 is 10.6 Å². The van der Waals surface area contributed by atoms with Crippen molar-refractivity contribution in [3.8, 4) is 11.3 Å². The molecule has 0 saturated heterocycles. The first-order valence-electron chi connectivity index (χ1n) is 8.79. The van der Waals surface area contributed by atoms with E-state index in [9.17, 15) is 18.0 Å². The number of carbonyl (C=O) groups excluding carboxylic acids is 1. The molecular formula is C19H18ClF3N6O. The molecule has 1 aromatic carbocycles. The molecule has 0 aliphatic rings. The first-order chi connectivity index (χ1) is 14.0. The highest BCUT2D eigenvalue weighted by Crippen LogP contribution is 2.36. The van der Waals surface area contributed by atoms with E-state index in [4.69, 9.17) is 11.6 Å². The van der Waals surface area contributed by atoms with Crippen molar-refractivity contribution in [2.75, 3.05) is 5.32 Å². The Morgan fingerprint density at radius 2 is 1.90 bits per heavy atom. The molecule has 0 atom stereocenters. The maximum Gasteiger partial charge on any atom is 0.435 e. The average Bonchev–Trinajstić information content (AvgIpc) is 3.01. The fourth-order valence-corrected chi connectivity index (χ4v) is 3.21. The molecule has 3 aromatic rings. The van der Waals surface area contributed by atoms with E-state index in [1.807, 2.05) is 6.92 Å². The smallest absolute Gasteiger partial charge is 0.332 e. The number of hydrogen-bond donors (Lipinski definition) is 2. The van der Waals surface area contributed by atoms with E-state index in [0.717, 1.165) is 10.2 Å². The predicted molar refractivity (Wildman–Crippen MR) is 106 cm³/mol.